The Kier molecular flexibility index (Phi) is 3.48. The number of hydrogen-bond acceptors (Lipinski definition) is 1. The van der Waals surface area contributed by atoms with Gasteiger partial charge in [-0.15, -0.1) is 6.58 Å². The largest absolute Gasteiger partial charge is 0.388 e. The Balaban J connectivity index is 3.13. The molecule has 0 unspecified atom stereocenters. The van der Waals surface area contributed by atoms with E-state index in [0.717, 1.165) is 16.7 Å². The van der Waals surface area contributed by atoms with E-state index in [0.29, 0.717) is 6.42 Å². The van der Waals surface area contributed by atoms with Gasteiger partial charge in [0.05, 0.1) is 6.10 Å². The second kappa shape index (κ2) is 4.43. The van der Waals surface area contributed by atoms with E-state index in [9.17, 15) is 5.11 Å². The summed E-state index contributed by atoms with van der Waals surface area (Å²) >= 11 is 0. The van der Waals surface area contributed by atoms with Crippen LogP contribution in [-0.4, -0.2) is 5.11 Å². The Morgan fingerprint density at radius 3 is 2.21 bits per heavy atom. The van der Waals surface area contributed by atoms with E-state index in [4.69, 9.17) is 0 Å². The molecule has 1 nitrogen and oxygen atoms in total. The molecule has 0 amide bonds. The topological polar surface area (TPSA) is 20.2 Å². The second-order valence-corrected chi connectivity index (χ2v) is 3.85. The molecule has 0 bridgehead atoms. The fourth-order valence-corrected chi connectivity index (χ4v) is 1.99. The minimum Gasteiger partial charge on any atom is -0.388 e. The molecule has 76 valence electrons. The highest BCUT2D eigenvalue weighted by Gasteiger charge is 2.11. The van der Waals surface area contributed by atoms with Gasteiger partial charge in [0.1, 0.15) is 0 Å². The van der Waals surface area contributed by atoms with E-state index >= 15 is 0 Å². The Labute approximate surface area is 86.1 Å². The number of benzene rings is 1. The standard InChI is InChI=1S/C13H18O/c1-5-6-12(14)13-10(3)7-9(2)8-11(13)4/h5,7-8,12,14H,1,6H2,2-4H3/t12-/m0/s1. The minimum atomic E-state index is -0.409. The van der Waals surface area contributed by atoms with Gasteiger partial charge in [-0.25, -0.2) is 0 Å². The molecule has 0 aromatic heterocycles. The normalized spacial score (nSPS) is 12.6. The van der Waals surface area contributed by atoms with E-state index in [-0.39, 0.29) is 0 Å². The lowest BCUT2D eigenvalue weighted by atomic mass is 9.94. The number of hydrogen-bond donors (Lipinski definition) is 1. The Bertz CT molecular complexity index is 316. The number of rotatable bonds is 3. The quantitative estimate of drug-likeness (QED) is 0.725. The van der Waals surface area contributed by atoms with Gasteiger partial charge in [-0.1, -0.05) is 23.8 Å². The second-order valence-electron chi connectivity index (χ2n) is 3.85. The number of aliphatic hydroxyl groups is 1. The molecule has 1 heteroatoms. The van der Waals surface area contributed by atoms with Gasteiger partial charge >= 0.3 is 0 Å². The van der Waals surface area contributed by atoms with Crippen molar-refractivity contribution in [2.24, 2.45) is 0 Å². The van der Waals surface area contributed by atoms with Crippen molar-refractivity contribution in [1.82, 2.24) is 0 Å². The van der Waals surface area contributed by atoms with Crippen LogP contribution in [-0.2, 0) is 0 Å². The maximum Gasteiger partial charge on any atom is 0.0829 e. The molecule has 1 aromatic carbocycles. The maximum absolute atomic E-state index is 9.90. The molecule has 0 aliphatic carbocycles. The van der Waals surface area contributed by atoms with Crippen LogP contribution < -0.4 is 0 Å². The van der Waals surface area contributed by atoms with Crippen LogP contribution in [0.4, 0.5) is 0 Å². The van der Waals surface area contributed by atoms with Crippen molar-refractivity contribution in [2.45, 2.75) is 33.3 Å². The van der Waals surface area contributed by atoms with Crippen LogP contribution in [0.2, 0.25) is 0 Å². The third kappa shape index (κ3) is 2.24. The fourth-order valence-electron chi connectivity index (χ4n) is 1.99. The lowest BCUT2D eigenvalue weighted by Crippen LogP contribution is -2.02. The molecule has 0 fully saturated rings. The first kappa shape index (κ1) is 11.0. The van der Waals surface area contributed by atoms with Crippen molar-refractivity contribution in [2.75, 3.05) is 0 Å². The molecular weight excluding hydrogens is 172 g/mol. The van der Waals surface area contributed by atoms with E-state index in [2.05, 4.69) is 25.6 Å². The molecule has 0 heterocycles. The Morgan fingerprint density at radius 1 is 1.29 bits per heavy atom. The van der Waals surface area contributed by atoms with Gasteiger partial charge in [-0.3, -0.25) is 0 Å². The molecule has 0 saturated heterocycles. The van der Waals surface area contributed by atoms with Gasteiger partial charge in [0, 0.05) is 0 Å². The summed E-state index contributed by atoms with van der Waals surface area (Å²) in [5.41, 5.74) is 4.62. The Hall–Kier alpha value is -1.08. The van der Waals surface area contributed by atoms with Crippen molar-refractivity contribution >= 4 is 0 Å². The highest BCUT2D eigenvalue weighted by atomic mass is 16.3. The van der Waals surface area contributed by atoms with Gasteiger partial charge < -0.3 is 5.11 Å². The number of aliphatic hydroxyl groups excluding tert-OH is 1. The first-order valence-corrected chi connectivity index (χ1v) is 4.93. The van der Waals surface area contributed by atoms with Crippen LogP contribution >= 0.6 is 0 Å². The highest BCUT2D eigenvalue weighted by molar-refractivity contribution is 5.39. The third-order valence-corrected chi connectivity index (χ3v) is 2.46. The van der Waals surface area contributed by atoms with Crippen LogP contribution in [0.15, 0.2) is 24.8 Å². The first-order valence-electron chi connectivity index (χ1n) is 4.93. The van der Waals surface area contributed by atoms with E-state index in [1.807, 2.05) is 13.8 Å². The molecule has 1 atom stereocenters. The molecule has 0 spiro atoms. The summed E-state index contributed by atoms with van der Waals surface area (Å²) in [6.45, 7) is 9.80. The first-order chi connectivity index (χ1) is 6.56. The zero-order valence-electron chi connectivity index (χ0n) is 9.17. The predicted octanol–water partition coefficient (Wildman–Crippen LogP) is 3.22. The summed E-state index contributed by atoms with van der Waals surface area (Å²) in [5, 5.41) is 9.90. The average molecular weight is 190 g/mol. The molecule has 1 N–H and O–H groups in total. The van der Waals surface area contributed by atoms with Gasteiger partial charge in [0.15, 0.2) is 0 Å². The van der Waals surface area contributed by atoms with Crippen LogP contribution in [0.25, 0.3) is 0 Å². The van der Waals surface area contributed by atoms with Crippen LogP contribution in [0.3, 0.4) is 0 Å². The van der Waals surface area contributed by atoms with E-state index in [1.54, 1.807) is 6.08 Å². The zero-order chi connectivity index (χ0) is 10.7. The lowest BCUT2D eigenvalue weighted by Gasteiger charge is -2.15. The minimum absolute atomic E-state index is 0.409. The fraction of sp³-hybridized carbons (Fsp3) is 0.385. The van der Waals surface area contributed by atoms with Crippen LogP contribution in [0.5, 0.6) is 0 Å². The summed E-state index contributed by atoms with van der Waals surface area (Å²) in [6.07, 6.45) is 1.96. The summed E-state index contributed by atoms with van der Waals surface area (Å²) in [6, 6.07) is 4.21. The van der Waals surface area contributed by atoms with Crippen molar-refractivity contribution in [3.05, 3.63) is 47.0 Å². The molecule has 1 aromatic rings. The monoisotopic (exact) mass is 190 g/mol. The van der Waals surface area contributed by atoms with Crippen molar-refractivity contribution in [3.63, 3.8) is 0 Å². The maximum atomic E-state index is 9.90. The van der Waals surface area contributed by atoms with Gasteiger partial charge in [-0.2, -0.15) is 0 Å². The summed E-state index contributed by atoms with van der Waals surface area (Å²) in [4.78, 5) is 0. The van der Waals surface area contributed by atoms with Crippen LogP contribution in [0, 0.1) is 20.8 Å². The molecule has 14 heavy (non-hydrogen) atoms. The number of aryl methyl sites for hydroxylation is 3. The predicted molar refractivity (Wildman–Crippen MR) is 60.4 cm³/mol. The van der Waals surface area contributed by atoms with Crippen molar-refractivity contribution in [3.8, 4) is 0 Å². The SMILES string of the molecule is C=CC[C@H](O)c1c(C)cc(C)cc1C. The highest BCUT2D eigenvalue weighted by Crippen LogP contribution is 2.25. The summed E-state index contributed by atoms with van der Waals surface area (Å²) in [5.74, 6) is 0. The van der Waals surface area contributed by atoms with Gasteiger partial charge in [0.2, 0.25) is 0 Å². The van der Waals surface area contributed by atoms with Crippen LogP contribution in [0.1, 0.15) is 34.8 Å². The molecule has 0 radical (unpaired) electrons. The van der Waals surface area contributed by atoms with E-state index in [1.165, 1.54) is 5.56 Å². The third-order valence-electron chi connectivity index (χ3n) is 2.46. The average Bonchev–Trinajstić information content (AvgIpc) is 2.01. The Morgan fingerprint density at radius 2 is 1.79 bits per heavy atom. The molecule has 1 rings (SSSR count). The van der Waals surface area contributed by atoms with Crippen molar-refractivity contribution in [1.29, 1.82) is 0 Å². The summed E-state index contributed by atoms with van der Waals surface area (Å²) < 4.78 is 0. The van der Waals surface area contributed by atoms with Gasteiger partial charge in [0.25, 0.3) is 0 Å². The zero-order valence-corrected chi connectivity index (χ0v) is 9.17. The van der Waals surface area contributed by atoms with Crippen molar-refractivity contribution < 1.29 is 5.11 Å². The molecule has 0 aliphatic heterocycles. The van der Waals surface area contributed by atoms with E-state index < -0.39 is 6.10 Å². The molecule has 0 saturated carbocycles. The molecule has 0 aliphatic rings. The summed E-state index contributed by atoms with van der Waals surface area (Å²) in [7, 11) is 0. The lowest BCUT2D eigenvalue weighted by molar-refractivity contribution is 0.180. The van der Waals surface area contributed by atoms with Gasteiger partial charge in [-0.05, 0) is 43.9 Å². The smallest absolute Gasteiger partial charge is 0.0829 e. The molecular formula is C13H18O.